The molecule has 0 N–H and O–H groups in total. The Morgan fingerprint density at radius 2 is 2.11 bits per heavy atom. The molecule has 0 radical (unpaired) electrons. The van der Waals surface area contributed by atoms with Crippen molar-refractivity contribution in [1.82, 2.24) is 9.97 Å². The van der Waals surface area contributed by atoms with Crippen LogP contribution in [0.5, 0.6) is 0 Å². The molecule has 1 saturated heterocycles. The van der Waals surface area contributed by atoms with Crippen molar-refractivity contribution in [1.29, 1.82) is 0 Å². The molecule has 0 aromatic carbocycles. The summed E-state index contributed by atoms with van der Waals surface area (Å²) in [5, 5.41) is 0. The Bertz CT molecular complexity index is 446. The molecule has 1 aliphatic heterocycles. The maximum Gasteiger partial charge on any atom is 0.132 e. The molecule has 1 fully saturated rings. The van der Waals surface area contributed by atoms with Crippen LogP contribution < -0.4 is 4.90 Å². The first-order valence-electron chi connectivity index (χ1n) is 6.53. The molecule has 0 bridgehead atoms. The molecule has 1 aromatic heterocycles. The van der Waals surface area contributed by atoms with Gasteiger partial charge in [0, 0.05) is 41.4 Å². The molecule has 2 rings (SSSR count). The first-order chi connectivity index (χ1) is 8.61. The van der Waals surface area contributed by atoms with Gasteiger partial charge in [0.05, 0.1) is 4.75 Å². The van der Waals surface area contributed by atoms with Crippen molar-refractivity contribution in [2.75, 3.05) is 23.7 Å². The quantitative estimate of drug-likeness (QED) is 0.839. The van der Waals surface area contributed by atoms with Gasteiger partial charge in [-0.2, -0.15) is 0 Å². The first-order valence-corrected chi connectivity index (χ1v) is 7.85. The Balaban J connectivity index is 2.24. The second kappa shape index (κ2) is 5.34. The molecule has 1 unspecified atom stereocenters. The van der Waals surface area contributed by atoms with E-state index in [1.165, 1.54) is 0 Å². The van der Waals surface area contributed by atoms with Crippen LogP contribution in [0.2, 0.25) is 0 Å². The van der Waals surface area contributed by atoms with E-state index in [-0.39, 0.29) is 4.75 Å². The van der Waals surface area contributed by atoms with Gasteiger partial charge in [0.1, 0.15) is 12.1 Å². The van der Waals surface area contributed by atoms with Gasteiger partial charge in [-0.3, -0.25) is 4.21 Å². The lowest BCUT2D eigenvalue weighted by Crippen LogP contribution is -2.53. The lowest BCUT2D eigenvalue weighted by atomic mass is 10.0. The summed E-state index contributed by atoms with van der Waals surface area (Å²) in [6.45, 7) is 7.90. The highest BCUT2D eigenvalue weighted by molar-refractivity contribution is 7.86. The largest absolute Gasteiger partial charge is 0.354 e. The number of aryl methyl sites for hydroxylation is 1. The predicted molar refractivity (Wildman–Crippen MR) is 75.3 cm³/mol. The topological polar surface area (TPSA) is 46.1 Å². The second-order valence-corrected chi connectivity index (χ2v) is 6.84. The molecule has 1 atom stereocenters. The molecule has 0 aliphatic carbocycles. The summed E-state index contributed by atoms with van der Waals surface area (Å²) in [5.41, 5.74) is 0.977. The minimum absolute atomic E-state index is 0.0723. The number of nitrogens with zero attached hydrogens (tertiary/aromatic N) is 3. The van der Waals surface area contributed by atoms with Crippen LogP contribution in [0.1, 0.15) is 32.4 Å². The fraction of sp³-hybridized carbons (Fsp3) is 0.692. The van der Waals surface area contributed by atoms with Gasteiger partial charge in [-0.25, -0.2) is 9.97 Å². The van der Waals surface area contributed by atoms with Crippen LogP contribution in [-0.2, 0) is 10.8 Å². The zero-order chi connectivity index (χ0) is 13.2. The predicted octanol–water partition coefficient (Wildman–Crippen LogP) is 1.91. The summed E-state index contributed by atoms with van der Waals surface area (Å²) < 4.78 is 12.2. The minimum atomic E-state index is -0.722. The number of hydrogen-bond donors (Lipinski definition) is 0. The summed E-state index contributed by atoms with van der Waals surface area (Å²) in [4.78, 5) is 10.7. The first kappa shape index (κ1) is 13.5. The van der Waals surface area contributed by atoms with Crippen LogP contribution in [0.4, 0.5) is 5.82 Å². The van der Waals surface area contributed by atoms with E-state index in [9.17, 15) is 4.21 Å². The standard InChI is InChI=1S/C13H21N3OS/c1-4-13(5-2)9-16(6-7-18(13)17)12-8-11(3)14-10-15-12/h8,10H,4-7,9H2,1-3H3. The van der Waals surface area contributed by atoms with Crippen LogP contribution in [0.25, 0.3) is 0 Å². The van der Waals surface area contributed by atoms with E-state index >= 15 is 0 Å². The Morgan fingerprint density at radius 3 is 2.72 bits per heavy atom. The molecule has 2 heterocycles. The Kier molecular flexibility index (Phi) is 4.00. The molecule has 0 amide bonds. The minimum Gasteiger partial charge on any atom is -0.354 e. The molecule has 1 aliphatic rings. The number of rotatable bonds is 3. The van der Waals surface area contributed by atoms with Gasteiger partial charge in [-0.15, -0.1) is 0 Å². The Morgan fingerprint density at radius 1 is 1.39 bits per heavy atom. The van der Waals surface area contributed by atoms with Crippen LogP contribution in [0.15, 0.2) is 12.4 Å². The van der Waals surface area contributed by atoms with Crippen LogP contribution >= 0.6 is 0 Å². The zero-order valence-corrected chi connectivity index (χ0v) is 12.2. The summed E-state index contributed by atoms with van der Waals surface area (Å²) in [6.07, 6.45) is 3.52. The Labute approximate surface area is 111 Å². The molecule has 1 aromatic rings. The van der Waals surface area contributed by atoms with Gasteiger partial charge >= 0.3 is 0 Å². The molecule has 5 heteroatoms. The van der Waals surface area contributed by atoms with Gasteiger partial charge < -0.3 is 4.90 Å². The highest BCUT2D eigenvalue weighted by Crippen LogP contribution is 2.30. The summed E-state index contributed by atoms with van der Waals surface area (Å²) in [7, 11) is -0.722. The maximum atomic E-state index is 12.3. The van der Waals surface area contributed by atoms with E-state index in [0.29, 0.717) is 0 Å². The molecule has 100 valence electrons. The van der Waals surface area contributed by atoms with E-state index in [0.717, 1.165) is 43.2 Å². The average Bonchev–Trinajstić information content (AvgIpc) is 2.40. The van der Waals surface area contributed by atoms with Crippen molar-refractivity contribution < 1.29 is 4.21 Å². The van der Waals surface area contributed by atoms with Gasteiger partial charge in [-0.05, 0) is 19.8 Å². The van der Waals surface area contributed by atoms with Gasteiger partial charge in [0.15, 0.2) is 0 Å². The van der Waals surface area contributed by atoms with Crippen LogP contribution in [0.3, 0.4) is 0 Å². The molecule has 0 spiro atoms. The lowest BCUT2D eigenvalue weighted by Gasteiger charge is -2.41. The third-order valence-corrected chi connectivity index (χ3v) is 6.14. The van der Waals surface area contributed by atoms with E-state index in [1.54, 1.807) is 6.33 Å². The monoisotopic (exact) mass is 267 g/mol. The van der Waals surface area contributed by atoms with Crippen molar-refractivity contribution in [3.8, 4) is 0 Å². The number of aromatic nitrogens is 2. The van der Waals surface area contributed by atoms with E-state index in [2.05, 4.69) is 28.7 Å². The fourth-order valence-electron chi connectivity index (χ4n) is 2.51. The van der Waals surface area contributed by atoms with Crippen molar-refractivity contribution in [2.24, 2.45) is 0 Å². The van der Waals surface area contributed by atoms with E-state index < -0.39 is 10.8 Å². The smallest absolute Gasteiger partial charge is 0.132 e. The molecule has 18 heavy (non-hydrogen) atoms. The zero-order valence-electron chi connectivity index (χ0n) is 11.3. The highest BCUT2D eigenvalue weighted by atomic mass is 32.2. The Hall–Kier alpha value is -0.970. The van der Waals surface area contributed by atoms with Gasteiger partial charge in [0.2, 0.25) is 0 Å². The SMILES string of the molecule is CCC1(CC)CN(c2cc(C)ncn2)CCS1=O. The molecule has 0 saturated carbocycles. The summed E-state index contributed by atoms with van der Waals surface area (Å²) >= 11 is 0. The van der Waals surface area contributed by atoms with Gasteiger partial charge in [0.25, 0.3) is 0 Å². The van der Waals surface area contributed by atoms with Crippen molar-refractivity contribution in [3.63, 3.8) is 0 Å². The maximum absolute atomic E-state index is 12.3. The normalized spacial score (nSPS) is 23.1. The fourth-order valence-corrected chi connectivity index (χ4v) is 4.28. The van der Waals surface area contributed by atoms with Crippen molar-refractivity contribution in [2.45, 2.75) is 38.4 Å². The molecular weight excluding hydrogens is 246 g/mol. The second-order valence-electron chi connectivity index (χ2n) is 4.88. The third-order valence-electron chi connectivity index (χ3n) is 3.91. The number of anilines is 1. The van der Waals surface area contributed by atoms with Crippen LogP contribution in [0, 0.1) is 6.92 Å². The number of hydrogen-bond acceptors (Lipinski definition) is 4. The van der Waals surface area contributed by atoms with Crippen molar-refractivity contribution in [3.05, 3.63) is 18.1 Å². The lowest BCUT2D eigenvalue weighted by molar-refractivity contribution is 0.494. The molecule has 4 nitrogen and oxygen atoms in total. The van der Waals surface area contributed by atoms with E-state index in [1.807, 2.05) is 13.0 Å². The highest BCUT2D eigenvalue weighted by Gasteiger charge is 2.39. The van der Waals surface area contributed by atoms with Gasteiger partial charge in [-0.1, -0.05) is 13.8 Å². The summed E-state index contributed by atoms with van der Waals surface area (Å²) in [6, 6.07) is 2.00. The van der Waals surface area contributed by atoms with Crippen molar-refractivity contribution >= 4 is 16.6 Å². The molecular formula is C13H21N3OS. The van der Waals surface area contributed by atoms with Crippen LogP contribution in [-0.4, -0.2) is 37.8 Å². The third kappa shape index (κ3) is 2.41. The van der Waals surface area contributed by atoms with E-state index in [4.69, 9.17) is 0 Å². The average molecular weight is 267 g/mol. The summed E-state index contributed by atoms with van der Waals surface area (Å²) in [5.74, 6) is 1.70.